The van der Waals surface area contributed by atoms with Crippen molar-refractivity contribution in [1.29, 1.82) is 0 Å². The average molecular weight is 461 g/mol. The van der Waals surface area contributed by atoms with Crippen molar-refractivity contribution in [2.24, 2.45) is 0 Å². The molecule has 0 radical (unpaired) electrons. The maximum absolute atomic E-state index is 14.8. The number of aromatic nitrogens is 4. The molecular weight excluding hydrogens is 435 g/mol. The van der Waals surface area contributed by atoms with Crippen LogP contribution in [-0.2, 0) is 18.7 Å². The number of hydrogen-bond donors (Lipinski definition) is 2. The van der Waals surface area contributed by atoms with Gasteiger partial charge in [-0.15, -0.1) is 0 Å². The van der Waals surface area contributed by atoms with E-state index in [4.69, 9.17) is 0 Å². The third kappa shape index (κ3) is 3.66. The van der Waals surface area contributed by atoms with Crippen molar-refractivity contribution in [3.8, 4) is 0 Å². The smallest absolute Gasteiger partial charge is 0.251 e. The molecule has 9 heteroatoms. The molecule has 4 aromatic rings. The predicted molar refractivity (Wildman–Crippen MR) is 126 cm³/mol. The van der Waals surface area contributed by atoms with E-state index in [-0.39, 0.29) is 24.2 Å². The first-order chi connectivity index (χ1) is 16.5. The number of likely N-dealkylation sites (tertiary alicyclic amines) is 1. The zero-order valence-electron chi connectivity index (χ0n) is 18.6. The standard InChI is InChI=1S/C25H25FN6O2/c26-18-13-29-21-5-6-22(33)32-15-25(34,23(18)24(21)32)14-31-9-7-16(8-10-31)27-11-17-12-28-19-3-1-2-4-20(19)30-17/h1-6,12-13,16,27,34H,7-11,14-15H2. The largest absolute Gasteiger partial charge is 0.382 e. The van der Waals surface area contributed by atoms with Gasteiger partial charge in [-0.2, -0.15) is 0 Å². The van der Waals surface area contributed by atoms with E-state index >= 15 is 0 Å². The third-order valence-electron chi connectivity index (χ3n) is 6.98. The van der Waals surface area contributed by atoms with Crippen LogP contribution in [0, 0.1) is 5.82 Å². The number of nitrogens with one attached hydrogen (secondary N) is 1. The summed E-state index contributed by atoms with van der Waals surface area (Å²) in [6.45, 7) is 2.49. The lowest BCUT2D eigenvalue weighted by atomic mass is 9.93. The topological polar surface area (TPSA) is 96.2 Å². The fourth-order valence-electron chi connectivity index (χ4n) is 5.30. The second kappa shape index (κ2) is 8.19. The van der Waals surface area contributed by atoms with E-state index in [9.17, 15) is 14.3 Å². The summed E-state index contributed by atoms with van der Waals surface area (Å²) in [6.07, 6.45) is 4.74. The van der Waals surface area contributed by atoms with Gasteiger partial charge < -0.3 is 15.0 Å². The lowest BCUT2D eigenvalue weighted by Gasteiger charge is -2.37. The summed E-state index contributed by atoms with van der Waals surface area (Å²) < 4.78 is 16.2. The van der Waals surface area contributed by atoms with E-state index in [2.05, 4.69) is 25.2 Å². The predicted octanol–water partition coefficient (Wildman–Crippen LogP) is 1.93. The van der Waals surface area contributed by atoms with Crippen LogP contribution in [0.1, 0.15) is 24.1 Å². The van der Waals surface area contributed by atoms with E-state index in [0.29, 0.717) is 23.6 Å². The fourth-order valence-corrected chi connectivity index (χ4v) is 5.30. The molecule has 5 heterocycles. The molecule has 1 unspecified atom stereocenters. The fraction of sp³-hybridized carbons (Fsp3) is 0.360. The van der Waals surface area contributed by atoms with Crippen LogP contribution in [0.15, 0.2) is 53.6 Å². The Morgan fingerprint density at radius 2 is 1.82 bits per heavy atom. The van der Waals surface area contributed by atoms with Crippen LogP contribution in [0.2, 0.25) is 0 Å². The summed E-state index contributed by atoms with van der Waals surface area (Å²) in [7, 11) is 0. The zero-order valence-corrected chi connectivity index (χ0v) is 18.6. The average Bonchev–Trinajstić information content (AvgIpc) is 3.17. The highest BCUT2D eigenvalue weighted by Gasteiger charge is 2.43. The van der Waals surface area contributed by atoms with Crippen LogP contribution in [0.25, 0.3) is 22.1 Å². The number of nitrogens with zero attached hydrogens (tertiary/aromatic N) is 5. The molecule has 3 aromatic heterocycles. The Balaban J connectivity index is 1.11. The van der Waals surface area contributed by atoms with Crippen LogP contribution in [0.4, 0.5) is 4.39 Å². The van der Waals surface area contributed by atoms with Crippen molar-refractivity contribution in [2.75, 3.05) is 19.6 Å². The van der Waals surface area contributed by atoms with Gasteiger partial charge >= 0.3 is 0 Å². The molecule has 0 aliphatic carbocycles. The number of pyridine rings is 2. The minimum atomic E-state index is -1.46. The summed E-state index contributed by atoms with van der Waals surface area (Å²) >= 11 is 0. The quantitative estimate of drug-likeness (QED) is 0.470. The van der Waals surface area contributed by atoms with Crippen molar-refractivity contribution >= 4 is 22.1 Å². The van der Waals surface area contributed by atoms with Gasteiger partial charge in [0.25, 0.3) is 5.56 Å². The first-order valence-corrected chi connectivity index (χ1v) is 11.6. The van der Waals surface area contributed by atoms with Gasteiger partial charge in [0, 0.05) is 25.2 Å². The number of halogens is 1. The normalized spacial score (nSPS) is 21.0. The van der Waals surface area contributed by atoms with E-state index in [1.165, 1.54) is 10.6 Å². The zero-order chi connectivity index (χ0) is 23.3. The van der Waals surface area contributed by atoms with Gasteiger partial charge in [0.15, 0.2) is 0 Å². The minimum absolute atomic E-state index is 0.0416. The second-order valence-electron chi connectivity index (χ2n) is 9.29. The molecule has 1 aromatic carbocycles. The highest BCUT2D eigenvalue weighted by molar-refractivity contribution is 5.81. The first-order valence-electron chi connectivity index (χ1n) is 11.6. The number of para-hydroxylation sites is 2. The van der Waals surface area contributed by atoms with Crippen molar-refractivity contribution in [2.45, 2.75) is 37.6 Å². The number of β-amino-alcohol motifs (C(OH)–C–C–N with tert-alkyl or cyclic N) is 1. The molecule has 0 bridgehead atoms. The SMILES string of the molecule is O=c1ccc2ncc(F)c3c2n1CC3(O)CN1CCC(NCc2cnc3ccccc3n2)CC1. The Morgan fingerprint density at radius 3 is 2.65 bits per heavy atom. The van der Waals surface area contributed by atoms with E-state index in [1.54, 1.807) is 6.07 Å². The Labute approximate surface area is 195 Å². The molecule has 174 valence electrons. The second-order valence-corrected chi connectivity index (χ2v) is 9.29. The van der Waals surface area contributed by atoms with Crippen LogP contribution < -0.4 is 10.9 Å². The molecular formula is C25H25FN6O2. The van der Waals surface area contributed by atoms with Gasteiger partial charge in [-0.1, -0.05) is 12.1 Å². The Bertz CT molecular complexity index is 1450. The summed E-state index contributed by atoms with van der Waals surface area (Å²) in [5, 5.41) is 15.1. The number of benzene rings is 1. The molecule has 0 saturated carbocycles. The lowest BCUT2D eigenvalue weighted by Crippen LogP contribution is -2.48. The molecule has 2 aliphatic heterocycles. The van der Waals surface area contributed by atoms with Crippen molar-refractivity contribution in [1.82, 2.24) is 29.7 Å². The van der Waals surface area contributed by atoms with E-state index < -0.39 is 11.4 Å². The van der Waals surface area contributed by atoms with Gasteiger partial charge in [0.05, 0.1) is 52.3 Å². The van der Waals surface area contributed by atoms with Crippen molar-refractivity contribution in [3.05, 3.63) is 76.2 Å². The molecule has 1 atom stereocenters. The van der Waals surface area contributed by atoms with Crippen LogP contribution in [-0.4, -0.2) is 55.2 Å². The number of aliphatic hydroxyl groups is 1. The highest BCUT2D eigenvalue weighted by Crippen LogP contribution is 2.37. The van der Waals surface area contributed by atoms with Gasteiger partial charge in [-0.05, 0) is 44.1 Å². The highest BCUT2D eigenvalue weighted by atomic mass is 19.1. The van der Waals surface area contributed by atoms with Gasteiger partial charge in [0.2, 0.25) is 0 Å². The number of fused-ring (bicyclic) bond motifs is 1. The van der Waals surface area contributed by atoms with Gasteiger partial charge in [-0.25, -0.2) is 9.37 Å². The molecule has 2 aliphatic rings. The summed E-state index contributed by atoms with van der Waals surface area (Å²) in [5.41, 5.74) is 2.08. The maximum Gasteiger partial charge on any atom is 0.251 e. The molecule has 0 spiro atoms. The Kier molecular flexibility index (Phi) is 5.13. The lowest BCUT2D eigenvalue weighted by molar-refractivity contribution is -0.0159. The van der Waals surface area contributed by atoms with Gasteiger partial charge in [0.1, 0.15) is 11.4 Å². The summed E-state index contributed by atoms with van der Waals surface area (Å²) in [5.74, 6) is -0.570. The third-order valence-corrected chi connectivity index (χ3v) is 6.98. The number of rotatable bonds is 5. The maximum atomic E-state index is 14.8. The molecule has 6 rings (SSSR count). The molecule has 2 N–H and O–H groups in total. The monoisotopic (exact) mass is 460 g/mol. The Hall–Kier alpha value is -3.27. The summed E-state index contributed by atoms with van der Waals surface area (Å²) in [4.78, 5) is 27.7. The van der Waals surface area contributed by atoms with E-state index in [1.807, 2.05) is 30.5 Å². The molecule has 0 amide bonds. The number of piperidine rings is 1. The minimum Gasteiger partial charge on any atom is -0.382 e. The van der Waals surface area contributed by atoms with Crippen LogP contribution in [0.5, 0.6) is 0 Å². The van der Waals surface area contributed by atoms with Gasteiger partial charge in [-0.3, -0.25) is 19.7 Å². The Morgan fingerprint density at radius 1 is 1.06 bits per heavy atom. The molecule has 34 heavy (non-hydrogen) atoms. The molecule has 1 saturated heterocycles. The summed E-state index contributed by atoms with van der Waals surface area (Å²) in [6, 6.07) is 11.1. The van der Waals surface area contributed by atoms with Crippen LogP contribution >= 0.6 is 0 Å². The van der Waals surface area contributed by atoms with Crippen molar-refractivity contribution in [3.63, 3.8) is 0 Å². The van der Waals surface area contributed by atoms with E-state index in [0.717, 1.165) is 48.9 Å². The van der Waals surface area contributed by atoms with Crippen molar-refractivity contribution < 1.29 is 9.50 Å². The van der Waals surface area contributed by atoms with Crippen LogP contribution in [0.3, 0.4) is 0 Å². The first kappa shape index (κ1) is 21.3. The molecule has 1 fully saturated rings. The number of hydrogen-bond acceptors (Lipinski definition) is 7. The molecule has 8 nitrogen and oxygen atoms in total.